The van der Waals surface area contributed by atoms with Crippen molar-refractivity contribution in [3.05, 3.63) is 60.1 Å². The van der Waals surface area contributed by atoms with E-state index in [1.165, 1.54) is 0 Å². The van der Waals surface area contributed by atoms with Crippen LogP contribution in [0.5, 0.6) is 0 Å². The van der Waals surface area contributed by atoms with Crippen molar-refractivity contribution >= 4 is 16.8 Å². The number of hydrogen-bond donors (Lipinski definition) is 1. The highest BCUT2D eigenvalue weighted by Gasteiger charge is 2.14. The molecule has 16 heavy (non-hydrogen) atoms. The summed E-state index contributed by atoms with van der Waals surface area (Å²) in [5.74, 6) is 0.276. The zero-order chi connectivity index (χ0) is 11.0. The second-order valence-corrected chi connectivity index (χ2v) is 3.58. The first-order chi connectivity index (χ1) is 7.84. The molecular weight excluding hydrogens is 202 g/mol. The van der Waals surface area contributed by atoms with E-state index in [-0.39, 0.29) is 5.78 Å². The standard InChI is InChI=1S/C13H9NO2/c15-13(10-5-6-14-8-10)12-7-9-3-1-2-4-11(9)16-12/h1-8,14H. The van der Waals surface area contributed by atoms with Gasteiger partial charge in [-0.15, -0.1) is 0 Å². The first kappa shape index (κ1) is 8.97. The first-order valence-corrected chi connectivity index (χ1v) is 5.01. The molecule has 0 atom stereocenters. The number of benzene rings is 1. The second-order valence-electron chi connectivity index (χ2n) is 3.58. The Labute approximate surface area is 91.7 Å². The Kier molecular flexibility index (Phi) is 1.90. The molecule has 0 amide bonds. The van der Waals surface area contributed by atoms with Gasteiger partial charge in [-0.2, -0.15) is 0 Å². The molecule has 0 fully saturated rings. The zero-order valence-corrected chi connectivity index (χ0v) is 8.44. The van der Waals surface area contributed by atoms with Crippen molar-refractivity contribution in [2.45, 2.75) is 0 Å². The number of furan rings is 1. The number of nitrogens with one attached hydrogen (secondary N) is 1. The average Bonchev–Trinajstić information content (AvgIpc) is 2.97. The zero-order valence-electron chi connectivity index (χ0n) is 8.44. The number of hydrogen-bond acceptors (Lipinski definition) is 2. The molecule has 3 nitrogen and oxygen atoms in total. The highest BCUT2D eigenvalue weighted by atomic mass is 16.3. The third-order valence-electron chi connectivity index (χ3n) is 2.51. The maximum atomic E-state index is 12.0. The quantitative estimate of drug-likeness (QED) is 0.662. The van der Waals surface area contributed by atoms with E-state index in [1.807, 2.05) is 24.3 Å². The lowest BCUT2D eigenvalue weighted by molar-refractivity contribution is 0.101. The van der Waals surface area contributed by atoms with Crippen LogP contribution in [-0.4, -0.2) is 10.8 Å². The molecule has 2 aromatic heterocycles. The number of aromatic amines is 1. The topological polar surface area (TPSA) is 46.0 Å². The van der Waals surface area contributed by atoms with E-state index in [0.717, 1.165) is 11.0 Å². The van der Waals surface area contributed by atoms with E-state index in [4.69, 9.17) is 4.42 Å². The van der Waals surface area contributed by atoms with Gasteiger partial charge in [-0.05, 0) is 18.2 Å². The maximum absolute atomic E-state index is 12.0. The van der Waals surface area contributed by atoms with Crippen molar-refractivity contribution in [2.24, 2.45) is 0 Å². The largest absolute Gasteiger partial charge is 0.453 e. The van der Waals surface area contributed by atoms with E-state index < -0.39 is 0 Å². The molecule has 1 aromatic carbocycles. The number of rotatable bonds is 2. The van der Waals surface area contributed by atoms with E-state index in [2.05, 4.69) is 4.98 Å². The summed E-state index contributed by atoms with van der Waals surface area (Å²) in [5, 5.41) is 0.946. The Balaban J connectivity index is 2.10. The van der Waals surface area contributed by atoms with Crippen LogP contribution in [0.4, 0.5) is 0 Å². The summed E-state index contributed by atoms with van der Waals surface area (Å²) in [6, 6.07) is 11.1. The Hall–Kier alpha value is -2.29. The molecule has 0 spiro atoms. The fourth-order valence-electron chi connectivity index (χ4n) is 1.70. The minimum Gasteiger partial charge on any atom is -0.453 e. The van der Waals surface area contributed by atoms with Crippen LogP contribution >= 0.6 is 0 Å². The van der Waals surface area contributed by atoms with Crippen molar-refractivity contribution in [1.82, 2.24) is 4.98 Å². The number of para-hydroxylation sites is 1. The van der Waals surface area contributed by atoms with E-state index in [0.29, 0.717) is 11.3 Å². The lowest BCUT2D eigenvalue weighted by atomic mass is 10.1. The highest BCUT2D eigenvalue weighted by molar-refractivity contribution is 6.08. The average molecular weight is 211 g/mol. The molecule has 3 aromatic rings. The van der Waals surface area contributed by atoms with Crippen molar-refractivity contribution < 1.29 is 9.21 Å². The van der Waals surface area contributed by atoms with Gasteiger partial charge in [0.25, 0.3) is 0 Å². The molecule has 1 N–H and O–H groups in total. The van der Waals surface area contributed by atoms with Gasteiger partial charge in [0.15, 0.2) is 5.76 Å². The van der Waals surface area contributed by atoms with Gasteiger partial charge in [-0.1, -0.05) is 18.2 Å². The Bertz CT molecular complexity index is 602. The number of aromatic nitrogens is 1. The first-order valence-electron chi connectivity index (χ1n) is 5.01. The third kappa shape index (κ3) is 1.34. The molecule has 3 heteroatoms. The Morgan fingerprint density at radius 2 is 2.06 bits per heavy atom. The molecule has 0 radical (unpaired) electrons. The summed E-state index contributed by atoms with van der Waals surface area (Å²) >= 11 is 0. The molecule has 0 saturated heterocycles. The van der Waals surface area contributed by atoms with Crippen LogP contribution in [-0.2, 0) is 0 Å². The molecule has 0 aliphatic rings. The van der Waals surface area contributed by atoms with Crippen LogP contribution in [0.1, 0.15) is 16.1 Å². The van der Waals surface area contributed by atoms with Crippen LogP contribution in [0.3, 0.4) is 0 Å². The van der Waals surface area contributed by atoms with Crippen LogP contribution in [0.2, 0.25) is 0 Å². The van der Waals surface area contributed by atoms with Gasteiger partial charge in [-0.3, -0.25) is 4.79 Å². The molecule has 78 valence electrons. The minimum atomic E-state index is -0.0996. The summed E-state index contributed by atoms with van der Waals surface area (Å²) in [6.07, 6.45) is 3.38. The van der Waals surface area contributed by atoms with Gasteiger partial charge in [-0.25, -0.2) is 0 Å². The molecule has 0 unspecified atom stereocenters. The predicted molar refractivity (Wildman–Crippen MR) is 60.4 cm³/mol. The van der Waals surface area contributed by atoms with E-state index >= 15 is 0 Å². The second kappa shape index (κ2) is 3.38. The van der Waals surface area contributed by atoms with Crippen LogP contribution in [0, 0.1) is 0 Å². The van der Waals surface area contributed by atoms with Crippen LogP contribution < -0.4 is 0 Å². The lowest BCUT2D eigenvalue weighted by Gasteiger charge is -1.90. The number of fused-ring (bicyclic) bond motifs is 1. The van der Waals surface area contributed by atoms with Crippen molar-refractivity contribution in [3.63, 3.8) is 0 Å². The highest BCUT2D eigenvalue weighted by Crippen LogP contribution is 2.20. The van der Waals surface area contributed by atoms with Gasteiger partial charge < -0.3 is 9.40 Å². The fraction of sp³-hybridized carbons (Fsp3) is 0. The van der Waals surface area contributed by atoms with Crippen molar-refractivity contribution in [2.75, 3.05) is 0 Å². The molecule has 0 saturated carbocycles. The SMILES string of the molecule is O=C(c1cc[nH]c1)c1cc2ccccc2o1. The number of carbonyl (C=O) groups excluding carboxylic acids is 1. The van der Waals surface area contributed by atoms with Gasteiger partial charge in [0.1, 0.15) is 5.58 Å². The van der Waals surface area contributed by atoms with Gasteiger partial charge in [0.2, 0.25) is 5.78 Å². The number of H-pyrrole nitrogens is 1. The van der Waals surface area contributed by atoms with E-state index in [1.54, 1.807) is 24.5 Å². The minimum absolute atomic E-state index is 0.0996. The Morgan fingerprint density at radius 1 is 1.19 bits per heavy atom. The monoisotopic (exact) mass is 211 g/mol. The summed E-state index contributed by atoms with van der Waals surface area (Å²) < 4.78 is 5.49. The van der Waals surface area contributed by atoms with Crippen LogP contribution in [0.15, 0.2) is 53.2 Å². The number of carbonyl (C=O) groups is 1. The lowest BCUT2D eigenvalue weighted by Crippen LogP contribution is -1.96. The van der Waals surface area contributed by atoms with Gasteiger partial charge in [0, 0.05) is 23.3 Å². The molecular formula is C13H9NO2. The molecule has 0 aliphatic heterocycles. The van der Waals surface area contributed by atoms with Gasteiger partial charge in [0.05, 0.1) is 0 Å². The summed E-state index contributed by atoms with van der Waals surface area (Å²) in [5.41, 5.74) is 1.35. The third-order valence-corrected chi connectivity index (χ3v) is 2.51. The molecule has 3 rings (SSSR count). The fourth-order valence-corrected chi connectivity index (χ4v) is 1.70. The molecule has 2 heterocycles. The molecule has 0 aliphatic carbocycles. The maximum Gasteiger partial charge on any atom is 0.229 e. The van der Waals surface area contributed by atoms with Crippen molar-refractivity contribution in [1.29, 1.82) is 0 Å². The van der Waals surface area contributed by atoms with Crippen LogP contribution in [0.25, 0.3) is 11.0 Å². The summed E-state index contributed by atoms with van der Waals surface area (Å²) in [6.45, 7) is 0. The Morgan fingerprint density at radius 3 is 2.81 bits per heavy atom. The molecule has 0 bridgehead atoms. The summed E-state index contributed by atoms with van der Waals surface area (Å²) in [7, 11) is 0. The van der Waals surface area contributed by atoms with E-state index in [9.17, 15) is 4.79 Å². The predicted octanol–water partition coefficient (Wildman–Crippen LogP) is 2.99. The summed E-state index contributed by atoms with van der Waals surface area (Å²) in [4.78, 5) is 14.8. The smallest absolute Gasteiger partial charge is 0.229 e. The normalized spacial score (nSPS) is 10.8. The van der Waals surface area contributed by atoms with Crippen molar-refractivity contribution in [3.8, 4) is 0 Å². The number of ketones is 1. The van der Waals surface area contributed by atoms with Gasteiger partial charge >= 0.3 is 0 Å².